The first kappa shape index (κ1) is 7.74. The molecular weight excluding hydrogens is 176 g/mol. The average molecular weight is 186 g/mol. The topological polar surface area (TPSA) is 34.4 Å². The minimum atomic E-state index is 0.218. The first-order valence-corrected chi connectivity index (χ1v) is 4.77. The van der Waals surface area contributed by atoms with Gasteiger partial charge >= 0.3 is 0 Å². The fourth-order valence-electron chi connectivity index (χ4n) is 1.93. The van der Waals surface area contributed by atoms with E-state index in [1.54, 1.807) is 0 Å². The number of fused-ring (bicyclic) bond motifs is 1. The van der Waals surface area contributed by atoms with Crippen molar-refractivity contribution < 1.29 is 4.79 Å². The van der Waals surface area contributed by atoms with Crippen molar-refractivity contribution in [3.8, 4) is 0 Å². The zero-order valence-corrected chi connectivity index (χ0v) is 7.63. The van der Waals surface area contributed by atoms with Gasteiger partial charge in [0.05, 0.1) is 0 Å². The molecule has 0 unspecified atom stereocenters. The molecule has 0 amide bonds. The van der Waals surface area contributed by atoms with E-state index in [4.69, 9.17) is 0 Å². The summed E-state index contributed by atoms with van der Waals surface area (Å²) < 4.78 is 2.06. The molecule has 1 fully saturated rings. The van der Waals surface area contributed by atoms with Crippen LogP contribution < -0.4 is 0 Å². The van der Waals surface area contributed by atoms with Crippen LogP contribution >= 0.6 is 0 Å². The average Bonchev–Trinajstić information content (AvgIpc) is 2.90. The van der Waals surface area contributed by atoms with Crippen molar-refractivity contribution in [2.75, 3.05) is 0 Å². The fraction of sp³-hybridized carbons (Fsp3) is 0.273. The lowest BCUT2D eigenvalue weighted by Gasteiger charge is -1.97. The van der Waals surface area contributed by atoms with Crippen LogP contribution in [0.5, 0.6) is 0 Å². The van der Waals surface area contributed by atoms with Gasteiger partial charge in [-0.15, -0.1) is 0 Å². The highest BCUT2D eigenvalue weighted by Crippen LogP contribution is 2.45. The van der Waals surface area contributed by atoms with Crippen LogP contribution in [0.4, 0.5) is 0 Å². The zero-order valence-electron chi connectivity index (χ0n) is 7.63. The van der Waals surface area contributed by atoms with Crippen LogP contribution in [0, 0.1) is 5.92 Å². The molecule has 70 valence electrons. The monoisotopic (exact) mass is 186 g/mol. The van der Waals surface area contributed by atoms with Crippen LogP contribution in [0.25, 0.3) is 5.65 Å². The van der Waals surface area contributed by atoms with Crippen LogP contribution in [0.2, 0.25) is 0 Å². The van der Waals surface area contributed by atoms with Crippen molar-refractivity contribution in [3.63, 3.8) is 0 Å². The quantitative estimate of drug-likeness (QED) is 0.668. The molecule has 3 rings (SSSR count). The molecule has 2 heterocycles. The zero-order chi connectivity index (χ0) is 9.54. The van der Waals surface area contributed by atoms with Gasteiger partial charge in [-0.1, -0.05) is 6.07 Å². The number of aldehydes is 1. The Morgan fingerprint density at radius 1 is 1.50 bits per heavy atom. The molecule has 0 radical (unpaired) electrons. The lowest BCUT2D eigenvalue weighted by Crippen LogP contribution is -1.91. The molecule has 0 N–H and O–H groups in total. The lowest BCUT2D eigenvalue weighted by molar-refractivity contribution is -0.108. The van der Waals surface area contributed by atoms with Gasteiger partial charge in [0.25, 0.3) is 0 Å². The molecule has 0 saturated heterocycles. The molecule has 2 aromatic heterocycles. The van der Waals surface area contributed by atoms with Crippen molar-refractivity contribution in [2.24, 2.45) is 5.92 Å². The highest BCUT2D eigenvalue weighted by atomic mass is 16.1. The van der Waals surface area contributed by atoms with E-state index in [9.17, 15) is 4.79 Å². The van der Waals surface area contributed by atoms with Gasteiger partial charge in [-0.05, 0) is 18.6 Å². The number of hydrogen-bond donors (Lipinski definition) is 0. The molecule has 2 aromatic rings. The molecule has 2 atom stereocenters. The molecule has 1 aliphatic rings. The molecule has 0 spiro atoms. The summed E-state index contributed by atoms with van der Waals surface area (Å²) in [6, 6.07) is 5.93. The van der Waals surface area contributed by atoms with Gasteiger partial charge in [-0.2, -0.15) is 0 Å². The van der Waals surface area contributed by atoms with Gasteiger partial charge in [0.15, 0.2) is 0 Å². The molecule has 0 aromatic carbocycles. The number of pyridine rings is 1. The van der Waals surface area contributed by atoms with Crippen molar-refractivity contribution in [3.05, 3.63) is 36.3 Å². The van der Waals surface area contributed by atoms with Crippen molar-refractivity contribution in [1.82, 2.24) is 9.38 Å². The third-order valence-electron chi connectivity index (χ3n) is 2.84. The number of hydrogen-bond acceptors (Lipinski definition) is 2. The Morgan fingerprint density at radius 3 is 3.21 bits per heavy atom. The largest absolute Gasteiger partial charge is 0.304 e. The van der Waals surface area contributed by atoms with Crippen molar-refractivity contribution >= 4 is 11.9 Å². The van der Waals surface area contributed by atoms with E-state index >= 15 is 0 Å². The van der Waals surface area contributed by atoms with Crippen LogP contribution in [0.15, 0.2) is 30.6 Å². The lowest BCUT2D eigenvalue weighted by atomic mass is 10.2. The predicted octanol–water partition coefficient (Wildman–Crippen LogP) is 1.64. The number of carbonyl (C=O) groups excluding carboxylic acids is 1. The molecule has 0 aliphatic heterocycles. The maximum atomic E-state index is 10.6. The molecule has 1 aliphatic carbocycles. The molecule has 3 nitrogen and oxygen atoms in total. The Kier molecular flexibility index (Phi) is 1.48. The van der Waals surface area contributed by atoms with Gasteiger partial charge in [0.1, 0.15) is 11.9 Å². The van der Waals surface area contributed by atoms with Gasteiger partial charge in [-0.25, -0.2) is 4.98 Å². The summed E-state index contributed by atoms with van der Waals surface area (Å²) in [5.74, 6) is 0.611. The highest BCUT2D eigenvalue weighted by molar-refractivity contribution is 5.61. The summed E-state index contributed by atoms with van der Waals surface area (Å²) in [5, 5.41) is 0. The Labute approximate surface area is 81.4 Å². The summed E-state index contributed by atoms with van der Waals surface area (Å²) in [7, 11) is 0. The van der Waals surface area contributed by atoms with Crippen LogP contribution in [0.1, 0.15) is 18.0 Å². The smallest absolute Gasteiger partial charge is 0.136 e. The highest BCUT2D eigenvalue weighted by Gasteiger charge is 2.39. The second kappa shape index (κ2) is 2.67. The van der Waals surface area contributed by atoms with E-state index in [1.807, 2.05) is 30.6 Å². The Hall–Kier alpha value is -1.64. The fourth-order valence-corrected chi connectivity index (χ4v) is 1.93. The van der Waals surface area contributed by atoms with Crippen LogP contribution in [-0.2, 0) is 4.79 Å². The summed E-state index contributed by atoms with van der Waals surface area (Å²) in [5.41, 5.74) is 2.12. The first-order valence-electron chi connectivity index (χ1n) is 4.77. The number of rotatable bonds is 2. The van der Waals surface area contributed by atoms with E-state index in [-0.39, 0.29) is 5.92 Å². The maximum Gasteiger partial charge on any atom is 0.136 e. The second-order valence-corrected chi connectivity index (χ2v) is 3.75. The minimum Gasteiger partial charge on any atom is -0.304 e. The van der Waals surface area contributed by atoms with Crippen LogP contribution in [0.3, 0.4) is 0 Å². The van der Waals surface area contributed by atoms with Gasteiger partial charge in [-0.3, -0.25) is 0 Å². The second-order valence-electron chi connectivity index (χ2n) is 3.75. The predicted molar refractivity (Wildman–Crippen MR) is 52.1 cm³/mol. The number of nitrogens with zero attached hydrogens (tertiary/aromatic N) is 2. The van der Waals surface area contributed by atoms with Crippen LogP contribution in [-0.4, -0.2) is 15.7 Å². The van der Waals surface area contributed by atoms with Gasteiger partial charge in [0, 0.05) is 29.9 Å². The van der Waals surface area contributed by atoms with E-state index in [0.717, 1.165) is 24.0 Å². The van der Waals surface area contributed by atoms with Crippen molar-refractivity contribution in [1.29, 1.82) is 0 Å². The molecular formula is C11H10N2O. The van der Waals surface area contributed by atoms with Gasteiger partial charge in [0.2, 0.25) is 0 Å². The Bertz CT molecular complexity index is 489. The SMILES string of the molecule is O=C[C@@H]1C[C@H]1c1cnc2ccccn12. The normalized spacial score (nSPS) is 25.1. The Balaban J connectivity index is 2.10. The van der Waals surface area contributed by atoms with Crippen molar-refractivity contribution in [2.45, 2.75) is 12.3 Å². The van der Waals surface area contributed by atoms with Gasteiger partial charge < -0.3 is 9.20 Å². The molecule has 3 heteroatoms. The summed E-state index contributed by atoms with van der Waals surface area (Å²) in [6.45, 7) is 0. The summed E-state index contributed by atoms with van der Waals surface area (Å²) in [4.78, 5) is 14.9. The molecule has 14 heavy (non-hydrogen) atoms. The van der Waals surface area contributed by atoms with E-state index in [2.05, 4.69) is 9.38 Å². The third kappa shape index (κ3) is 0.985. The number of aromatic nitrogens is 2. The van der Waals surface area contributed by atoms with E-state index in [0.29, 0.717) is 5.92 Å². The first-order chi connectivity index (χ1) is 6.90. The van der Waals surface area contributed by atoms with E-state index < -0.39 is 0 Å². The standard InChI is InChI=1S/C11H10N2O/c14-7-8-5-9(8)10-6-12-11-3-1-2-4-13(10)11/h1-4,6-9H,5H2/t8-,9+/m0/s1. The molecule has 0 bridgehead atoms. The summed E-state index contributed by atoms with van der Waals surface area (Å²) in [6.07, 6.45) is 5.90. The third-order valence-corrected chi connectivity index (χ3v) is 2.84. The van der Waals surface area contributed by atoms with E-state index in [1.165, 1.54) is 0 Å². The number of imidazole rings is 1. The minimum absolute atomic E-state index is 0.218. The maximum absolute atomic E-state index is 10.6. The summed E-state index contributed by atoms with van der Waals surface area (Å²) >= 11 is 0. The molecule has 1 saturated carbocycles. The Morgan fingerprint density at radius 2 is 2.43 bits per heavy atom. The number of carbonyl (C=O) groups is 1.